The molecule has 0 saturated heterocycles. The number of rotatable bonds is 9. The lowest BCUT2D eigenvalue weighted by Gasteiger charge is -2.23. The molecule has 5 nitrogen and oxygen atoms in total. The highest BCUT2D eigenvalue weighted by Crippen LogP contribution is 2.30. The van der Waals surface area contributed by atoms with Crippen molar-refractivity contribution < 1.29 is 13.2 Å². The molecule has 32 heavy (non-hydrogen) atoms. The maximum atomic E-state index is 13.3. The Morgan fingerprint density at radius 2 is 1.69 bits per heavy atom. The highest BCUT2D eigenvalue weighted by Gasteiger charge is 2.26. The van der Waals surface area contributed by atoms with E-state index in [4.69, 9.17) is 23.2 Å². The summed E-state index contributed by atoms with van der Waals surface area (Å²) in [6.07, 6.45) is 0.267. The van der Waals surface area contributed by atoms with Gasteiger partial charge < -0.3 is 5.32 Å². The average molecular weight is 509 g/mol. The summed E-state index contributed by atoms with van der Waals surface area (Å²) in [5.74, 6) is 0.358. The van der Waals surface area contributed by atoms with Crippen LogP contribution in [0.15, 0.2) is 82.6 Å². The number of hydrogen-bond acceptors (Lipinski definition) is 4. The van der Waals surface area contributed by atoms with Crippen LogP contribution in [0, 0.1) is 0 Å². The van der Waals surface area contributed by atoms with Crippen molar-refractivity contribution in [3.63, 3.8) is 0 Å². The van der Waals surface area contributed by atoms with Crippen LogP contribution in [-0.2, 0) is 14.8 Å². The molecule has 1 N–H and O–H groups in total. The number of hydrogen-bond donors (Lipinski definition) is 1. The lowest BCUT2D eigenvalue weighted by molar-refractivity contribution is -0.115. The number of halogens is 2. The van der Waals surface area contributed by atoms with E-state index in [0.717, 1.165) is 4.90 Å². The average Bonchev–Trinajstić information content (AvgIpc) is 2.77. The van der Waals surface area contributed by atoms with Gasteiger partial charge in [-0.2, -0.15) is 0 Å². The second kappa shape index (κ2) is 11.1. The lowest BCUT2D eigenvalue weighted by Crippen LogP contribution is -2.31. The molecular formula is C23H22Cl2N2O3S2. The van der Waals surface area contributed by atoms with Gasteiger partial charge in [0.15, 0.2) is 0 Å². The Hall–Kier alpha value is -2.19. The first-order valence-corrected chi connectivity index (χ1v) is 13.0. The molecule has 0 aliphatic carbocycles. The van der Waals surface area contributed by atoms with Gasteiger partial charge in [0.05, 0.1) is 10.7 Å². The van der Waals surface area contributed by atoms with Crippen LogP contribution >= 0.6 is 35.0 Å². The lowest BCUT2D eigenvalue weighted by atomic mass is 10.3. The van der Waals surface area contributed by atoms with Gasteiger partial charge in [0.2, 0.25) is 5.91 Å². The van der Waals surface area contributed by atoms with Crippen LogP contribution in [0.2, 0.25) is 10.0 Å². The molecule has 0 aromatic heterocycles. The topological polar surface area (TPSA) is 66.5 Å². The molecule has 0 radical (unpaired) electrons. The zero-order valence-electron chi connectivity index (χ0n) is 17.3. The Balaban J connectivity index is 1.70. The van der Waals surface area contributed by atoms with E-state index >= 15 is 0 Å². The molecule has 0 fully saturated rings. The summed E-state index contributed by atoms with van der Waals surface area (Å²) in [5.41, 5.74) is 0.915. The number of thioether (sulfide) groups is 1. The van der Waals surface area contributed by atoms with E-state index in [2.05, 4.69) is 5.32 Å². The van der Waals surface area contributed by atoms with Gasteiger partial charge in [0.25, 0.3) is 10.0 Å². The number of amides is 1. The summed E-state index contributed by atoms with van der Waals surface area (Å²) in [5, 5.41) is 3.51. The van der Waals surface area contributed by atoms with Gasteiger partial charge in [-0.25, -0.2) is 8.42 Å². The fourth-order valence-electron chi connectivity index (χ4n) is 3.00. The highest BCUT2D eigenvalue weighted by atomic mass is 35.5. The number of nitrogens with one attached hydrogen (secondary N) is 1. The van der Waals surface area contributed by atoms with Crippen molar-refractivity contribution in [1.29, 1.82) is 0 Å². The number of benzene rings is 3. The summed E-state index contributed by atoms with van der Waals surface area (Å²) in [6, 6.07) is 20.7. The Morgan fingerprint density at radius 3 is 2.34 bits per heavy atom. The van der Waals surface area contributed by atoms with Crippen molar-refractivity contribution in [2.75, 3.05) is 21.9 Å². The number of sulfonamides is 1. The molecule has 0 atom stereocenters. The normalized spacial score (nSPS) is 11.2. The highest BCUT2D eigenvalue weighted by molar-refractivity contribution is 7.99. The summed E-state index contributed by atoms with van der Waals surface area (Å²) in [6.45, 7) is 1.99. The second-order valence-electron chi connectivity index (χ2n) is 6.75. The fourth-order valence-corrected chi connectivity index (χ4v) is 5.95. The first kappa shape index (κ1) is 24.5. The minimum atomic E-state index is -3.91. The van der Waals surface area contributed by atoms with Gasteiger partial charge in [-0.3, -0.25) is 9.10 Å². The maximum absolute atomic E-state index is 13.3. The number of anilines is 2. The first-order chi connectivity index (χ1) is 15.3. The number of nitrogens with zero attached hydrogens (tertiary/aromatic N) is 1. The molecule has 3 aromatic rings. The molecule has 0 saturated carbocycles. The van der Waals surface area contributed by atoms with E-state index in [1.54, 1.807) is 49.4 Å². The van der Waals surface area contributed by atoms with Crippen LogP contribution in [-0.4, -0.2) is 26.6 Å². The molecule has 9 heteroatoms. The van der Waals surface area contributed by atoms with Crippen LogP contribution in [0.5, 0.6) is 0 Å². The third-order valence-corrected chi connectivity index (χ3v) is 8.18. The largest absolute Gasteiger partial charge is 0.326 e. The SMILES string of the molecule is CCN(c1ccccc1)S(=O)(=O)c1cc(NC(=O)CCSc2ccc(Cl)cc2)ccc1Cl. The summed E-state index contributed by atoms with van der Waals surface area (Å²) >= 11 is 13.7. The molecular weight excluding hydrogens is 487 g/mol. The van der Waals surface area contributed by atoms with E-state index in [1.807, 2.05) is 18.2 Å². The minimum Gasteiger partial charge on any atom is -0.326 e. The first-order valence-electron chi connectivity index (χ1n) is 9.87. The second-order valence-corrected chi connectivity index (χ2v) is 10.6. The van der Waals surface area contributed by atoms with Crippen molar-refractivity contribution in [2.45, 2.75) is 23.1 Å². The van der Waals surface area contributed by atoms with Crippen LogP contribution in [0.25, 0.3) is 0 Å². The van der Waals surface area contributed by atoms with Gasteiger partial charge in [-0.15, -0.1) is 11.8 Å². The quantitative estimate of drug-likeness (QED) is 0.343. The van der Waals surface area contributed by atoms with Gasteiger partial charge in [-0.05, 0) is 61.5 Å². The van der Waals surface area contributed by atoms with Crippen LogP contribution < -0.4 is 9.62 Å². The minimum absolute atomic E-state index is 0.0572. The predicted octanol–water partition coefficient (Wildman–Crippen LogP) is 6.33. The summed E-state index contributed by atoms with van der Waals surface area (Å²) < 4.78 is 27.9. The molecule has 0 spiro atoms. The van der Waals surface area contributed by atoms with Gasteiger partial charge in [0, 0.05) is 34.3 Å². The zero-order valence-corrected chi connectivity index (χ0v) is 20.4. The van der Waals surface area contributed by atoms with E-state index < -0.39 is 10.0 Å². The van der Waals surface area contributed by atoms with Crippen LogP contribution in [0.4, 0.5) is 11.4 Å². The van der Waals surface area contributed by atoms with E-state index in [-0.39, 0.29) is 28.8 Å². The third-order valence-electron chi connectivity index (χ3n) is 4.53. The van der Waals surface area contributed by atoms with E-state index in [1.165, 1.54) is 28.2 Å². The number of carbonyl (C=O) groups excluding carboxylic acids is 1. The van der Waals surface area contributed by atoms with E-state index in [0.29, 0.717) is 22.2 Å². The maximum Gasteiger partial charge on any atom is 0.265 e. The Labute approximate surface area is 202 Å². The third kappa shape index (κ3) is 6.19. The molecule has 0 aliphatic heterocycles. The van der Waals surface area contributed by atoms with Crippen molar-refractivity contribution in [3.8, 4) is 0 Å². The molecule has 3 rings (SSSR count). The zero-order chi connectivity index (χ0) is 23.1. The Bertz CT molecular complexity index is 1170. The fraction of sp³-hybridized carbons (Fsp3) is 0.174. The predicted molar refractivity (Wildman–Crippen MR) is 134 cm³/mol. The van der Waals surface area contributed by atoms with Crippen molar-refractivity contribution in [3.05, 3.63) is 82.8 Å². The van der Waals surface area contributed by atoms with Crippen LogP contribution in [0.1, 0.15) is 13.3 Å². The molecule has 0 heterocycles. The number of carbonyl (C=O) groups is 1. The molecule has 0 aliphatic rings. The molecule has 0 bridgehead atoms. The summed E-state index contributed by atoms with van der Waals surface area (Å²) in [7, 11) is -3.91. The molecule has 1 amide bonds. The monoisotopic (exact) mass is 508 g/mol. The number of para-hydroxylation sites is 1. The summed E-state index contributed by atoms with van der Waals surface area (Å²) in [4.78, 5) is 13.3. The van der Waals surface area contributed by atoms with Crippen molar-refractivity contribution in [2.24, 2.45) is 0 Å². The Kier molecular flexibility index (Phi) is 8.48. The van der Waals surface area contributed by atoms with Crippen molar-refractivity contribution in [1.82, 2.24) is 0 Å². The van der Waals surface area contributed by atoms with Gasteiger partial charge >= 0.3 is 0 Å². The molecule has 3 aromatic carbocycles. The van der Waals surface area contributed by atoms with Gasteiger partial charge in [0.1, 0.15) is 4.90 Å². The molecule has 0 unspecified atom stereocenters. The van der Waals surface area contributed by atoms with Crippen LogP contribution in [0.3, 0.4) is 0 Å². The van der Waals surface area contributed by atoms with Gasteiger partial charge in [-0.1, -0.05) is 41.4 Å². The van der Waals surface area contributed by atoms with Crippen molar-refractivity contribution >= 4 is 62.3 Å². The standard InChI is InChI=1S/C23H22Cl2N2O3S2/c1-2-27(19-6-4-3-5-7-19)32(29,30)22-16-18(10-13-21(22)25)26-23(28)14-15-31-20-11-8-17(24)9-12-20/h3-13,16H,2,14-15H2,1H3,(H,26,28). The molecule has 168 valence electrons. The smallest absolute Gasteiger partial charge is 0.265 e. The van der Waals surface area contributed by atoms with E-state index in [9.17, 15) is 13.2 Å². The Morgan fingerprint density at radius 1 is 1.00 bits per heavy atom.